The fourth-order valence-corrected chi connectivity index (χ4v) is 2.00. The Morgan fingerprint density at radius 2 is 2.10 bits per heavy atom. The van der Waals surface area contributed by atoms with Gasteiger partial charge in [0.25, 0.3) is 0 Å². The third kappa shape index (κ3) is 6.78. The number of methoxy groups -OCH3 is 1. The van der Waals surface area contributed by atoms with Gasteiger partial charge in [0.1, 0.15) is 0 Å². The van der Waals surface area contributed by atoms with Gasteiger partial charge in [0, 0.05) is 31.8 Å². The van der Waals surface area contributed by atoms with Crippen LogP contribution in [0.5, 0.6) is 0 Å². The van der Waals surface area contributed by atoms with Crippen LogP contribution in [0.25, 0.3) is 0 Å². The first kappa shape index (κ1) is 16.8. The lowest BCUT2D eigenvalue weighted by Gasteiger charge is -2.10. The van der Waals surface area contributed by atoms with Gasteiger partial charge in [0.05, 0.1) is 6.61 Å². The molecule has 1 aromatic rings. The third-order valence-corrected chi connectivity index (χ3v) is 3.14. The number of nitrogens with one attached hydrogen (secondary N) is 2. The van der Waals surface area contributed by atoms with E-state index in [0.29, 0.717) is 6.61 Å². The molecular formula is C15H24ClN3O. The second kappa shape index (κ2) is 10.5. The van der Waals surface area contributed by atoms with Crippen molar-refractivity contribution in [3.8, 4) is 0 Å². The topological polar surface area (TPSA) is 45.7 Å². The Morgan fingerprint density at radius 3 is 2.80 bits per heavy atom. The highest BCUT2D eigenvalue weighted by Gasteiger charge is 1.99. The normalized spacial score (nSPS) is 11.4. The summed E-state index contributed by atoms with van der Waals surface area (Å²) in [7, 11) is 1.69. The summed E-state index contributed by atoms with van der Waals surface area (Å²) < 4.78 is 5.01. The molecule has 0 aliphatic carbocycles. The van der Waals surface area contributed by atoms with Crippen LogP contribution in [-0.2, 0) is 11.2 Å². The van der Waals surface area contributed by atoms with E-state index in [1.807, 2.05) is 18.2 Å². The van der Waals surface area contributed by atoms with Gasteiger partial charge in [-0.2, -0.15) is 0 Å². The molecule has 0 fully saturated rings. The number of hydrogen-bond donors (Lipinski definition) is 2. The maximum absolute atomic E-state index is 6.13. The number of aryl methyl sites for hydroxylation is 1. The van der Waals surface area contributed by atoms with Gasteiger partial charge in [0.15, 0.2) is 5.96 Å². The van der Waals surface area contributed by atoms with Crippen molar-refractivity contribution in [2.24, 2.45) is 4.99 Å². The fraction of sp³-hybridized carbons (Fsp3) is 0.533. The summed E-state index contributed by atoms with van der Waals surface area (Å²) in [4.78, 5) is 4.53. The van der Waals surface area contributed by atoms with Crippen LogP contribution in [-0.4, -0.2) is 39.3 Å². The lowest BCUT2D eigenvalue weighted by Crippen LogP contribution is -2.39. The van der Waals surface area contributed by atoms with Crippen LogP contribution < -0.4 is 10.6 Å². The molecule has 0 saturated heterocycles. The van der Waals surface area contributed by atoms with E-state index in [9.17, 15) is 0 Å². The van der Waals surface area contributed by atoms with Crippen molar-refractivity contribution in [1.82, 2.24) is 10.6 Å². The van der Waals surface area contributed by atoms with Gasteiger partial charge in [-0.25, -0.2) is 0 Å². The number of rotatable bonds is 8. The number of hydrogen-bond acceptors (Lipinski definition) is 2. The summed E-state index contributed by atoms with van der Waals surface area (Å²) in [5.41, 5.74) is 1.18. The first-order valence-corrected chi connectivity index (χ1v) is 7.40. The Kier molecular flexibility index (Phi) is 8.83. The molecule has 112 valence electrons. The highest BCUT2D eigenvalue weighted by atomic mass is 35.5. The van der Waals surface area contributed by atoms with E-state index in [1.165, 1.54) is 5.56 Å². The molecule has 0 spiro atoms. The molecule has 2 N–H and O–H groups in total. The molecule has 0 aliphatic rings. The van der Waals surface area contributed by atoms with E-state index in [1.54, 1.807) is 7.11 Å². The summed E-state index contributed by atoms with van der Waals surface area (Å²) in [6.07, 6.45) is 1.92. The van der Waals surface area contributed by atoms with Crippen LogP contribution in [0.1, 0.15) is 18.9 Å². The first-order chi connectivity index (χ1) is 9.77. The number of nitrogens with zero attached hydrogens (tertiary/aromatic N) is 1. The summed E-state index contributed by atoms with van der Waals surface area (Å²) >= 11 is 6.13. The molecular weight excluding hydrogens is 274 g/mol. The van der Waals surface area contributed by atoms with Gasteiger partial charge in [-0.05, 0) is 31.4 Å². The zero-order chi connectivity index (χ0) is 14.6. The van der Waals surface area contributed by atoms with Gasteiger partial charge in [-0.1, -0.05) is 29.8 Å². The minimum absolute atomic E-state index is 0.671. The fourth-order valence-electron chi connectivity index (χ4n) is 1.77. The Balaban J connectivity index is 2.34. The average Bonchev–Trinajstić information content (AvgIpc) is 2.45. The first-order valence-electron chi connectivity index (χ1n) is 7.02. The maximum Gasteiger partial charge on any atom is 0.191 e. The predicted octanol–water partition coefficient (Wildman–Crippen LogP) is 2.47. The van der Waals surface area contributed by atoms with E-state index < -0.39 is 0 Å². The molecule has 0 bridgehead atoms. The summed E-state index contributed by atoms with van der Waals surface area (Å²) in [6.45, 7) is 5.10. The number of ether oxygens (including phenoxy) is 1. The Bertz CT molecular complexity index is 410. The van der Waals surface area contributed by atoms with Gasteiger partial charge >= 0.3 is 0 Å². The molecule has 0 heterocycles. The van der Waals surface area contributed by atoms with Crippen LogP contribution in [0.4, 0.5) is 0 Å². The zero-order valence-corrected chi connectivity index (χ0v) is 13.0. The van der Waals surface area contributed by atoms with E-state index in [0.717, 1.165) is 43.5 Å². The largest absolute Gasteiger partial charge is 0.383 e. The highest BCUT2D eigenvalue weighted by Crippen LogP contribution is 2.16. The summed E-state index contributed by atoms with van der Waals surface area (Å²) in [5.74, 6) is 0.837. The molecule has 0 aliphatic heterocycles. The number of benzene rings is 1. The zero-order valence-electron chi connectivity index (χ0n) is 12.3. The van der Waals surface area contributed by atoms with Gasteiger partial charge in [-0.3, -0.25) is 4.99 Å². The van der Waals surface area contributed by atoms with Crippen molar-refractivity contribution >= 4 is 17.6 Å². The summed E-state index contributed by atoms with van der Waals surface area (Å²) in [5, 5.41) is 7.26. The van der Waals surface area contributed by atoms with E-state index in [-0.39, 0.29) is 0 Å². The van der Waals surface area contributed by atoms with Crippen molar-refractivity contribution in [3.05, 3.63) is 34.9 Å². The minimum atomic E-state index is 0.671. The van der Waals surface area contributed by atoms with E-state index in [2.05, 4.69) is 28.6 Å². The van der Waals surface area contributed by atoms with Crippen LogP contribution in [0, 0.1) is 0 Å². The van der Waals surface area contributed by atoms with Crippen LogP contribution >= 0.6 is 11.6 Å². The molecule has 0 saturated carbocycles. The molecule has 1 rings (SSSR count). The Labute approximate surface area is 126 Å². The molecule has 4 nitrogen and oxygen atoms in total. The molecule has 0 amide bonds. The Hall–Kier alpha value is -1.26. The van der Waals surface area contributed by atoms with Crippen LogP contribution in [0.3, 0.4) is 0 Å². The second-order valence-electron chi connectivity index (χ2n) is 4.38. The molecule has 1 aromatic carbocycles. The molecule has 0 unspecified atom stereocenters. The van der Waals surface area contributed by atoms with E-state index >= 15 is 0 Å². The third-order valence-electron chi connectivity index (χ3n) is 2.77. The number of guanidine groups is 1. The molecule has 20 heavy (non-hydrogen) atoms. The van der Waals surface area contributed by atoms with Crippen LogP contribution in [0.15, 0.2) is 29.3 Å². The second-order valence-corrected chi connectivity index (χ2v) is 4.78. The lowest BCUT2D eigenvalue weighted by atomic mass is 10.1. The smallest absolute Gasteiger partial charge is 0.191 e. The number of halogens is 1. The number of aliphatic imine (C=N–C) groups is 1. The average molecular weight is 298 g/mol. The van der Waals surface area contributed by atoms with E-state index in [4.69, 9.17) is 16.3 Å². The monoisotopic (exact) mass is 297 g/mol. The van der Waals surface area contributed by atoms with Crippen molar-refractivity contribution in [2.45, 2.75) is 19.8 Å². The van der Waals surface area contributed by atoms with Crippen molar-refractivity contribution in [1.29, 1.82) is 0 Å². The van der Waals surface area contributed by atoms with Gasteiger partial charge in [0.2, 0.25) is 0 Å². The van der Waals surface area contributed by atoms with Gasteiger partial charge < -0.3 is 15.4 Å². The standard InChI is InChI=1S/C15H24ClN3O/c1-3-17-15(19-11-12-20-2)18-10-6-8-13-7-4-5-9-14(13)16/h4-5,7,9H,3,6,8,10-12H2,1-2H3,(H2,17,18,19). The molecule has 0 radical (unpaired) electrons. The molecule has 0 aromatic heterocycles. The summed E-state index contributed by atoms with van der Waals surface area (Å²) in [6, 6.07) is 7.96. The van der Waals surface area contributed by atoms with Crippen molar-refractivity contribution < 1.29 is 4.74 Å². The quantitative estimate of drug-likeness (QED) is 0.440. The lowest BCUT2D eigenvalue weighted by molar-refractivity contribution is 0.203. The van der Waals surface area contributed by atoms with Gasteiger partial charge in [-0.15, -0.1) is 0 Å². The Morgan fingerprint density at radius 1 is 1.30 bits per heavy atom. The maximum atomic E-state index is 6.13. The molecule has 5 heteroatoms. The highest BCUT2D eigenvalue weighted by molar-refractivity contribution is 6.31. The van der Waals surface area contributed by atoms with Crippen LogP contribution in [0.2, 0.25) is 5.02 Å². The SMILES string of the molecule is CCNC(=NCCCc1ccccc1Cl)NCCOC. The minimum Gasteiger partial charge on any atom is -0.383 e. The molecule has 0 atom stereocenters. The van der Waals surface area contributed by atoms with Crippen molar-refractivity contribution in [3.63, 3.8) is 0 Å². The predicted molar refractivity (Wildman–Crippen MR) is 85.6 cm³/mol. The van der Waals surface area contributed by atoms with Crippen molar-refractivity contribution in [2.75, 3.05) is 33.4 Å².